The second-order valence-corrected chi connectivity index (χ2v) is 10.9. The normalized spacial score (nSPS) is 44.7. The van der Waals surface area contributed by atoms with Crippen molar-refractivity contribution in [1.29, 1.82) is 0 Å². The minimum Gasteiger partial charge on any atom is -0.447 e. The lowest BCUT2D eigenvalue weighted by atomic mass is 9.63. The zero-order valence-corrected chi connectivity index (χ0v) is 20.4. The molecular formula is C28H35NO5. The van der Waals surface area contributed by atoms with Crippen molar-refractivity contribution in [2.45, 2.75) is 76.4 Å². The molecule has 182 valence electrons. The summed E-state index contributed by atoms with van der Waals surface area (Å²) in [5.74, 6) is -1.20. The lowest BCUT2D eigenvalue weighted by Gasteiger charge is -2.44. The van der Waals surface area contributed by atoms with Crippen molar-refractivity contribution in [3.63, 3.8) is 0 Å². The number of rotatable bonds is 2. The van der Waals surface area contributed by atoms with E-state index in [1.54, 1.807) is 0 Å². The molecule has 5 rings (SSSR count). The fourth-order valence-corrected chi connectivity index (χ4v) is 6.48. The monoisotopic (exact) mass is 465 g/mol. The van der Waals surface area contributed by atoms with Gasteiger partial charge in [0.05, 0.1) is 12.5 Å². The number of fused-ring (bicyclic) bond motifs is 1. The molecule has 3 aliphatic heterocycles. The third kappa shape index (κ3) is 3.62. The molecule has 34 heavy (non-hydrogen) atoms. The van der Waals surface area contributed by atoms with E-state index in [1.807, 2.05) is 44.2 Å². The summed E-state index contributed by atoms with van der Waals surface area (Å²) in [6.45, 7) is 8.06. The highest BCUT2D eigenvalue weighted by molar-refractivity contribution is 5.92. The Balaban J connectivity index is 1.55. The van der Waals surface area contributed by atoms with Crippen LogP contribution in [0.3, 0.4) is 0 Å². The summed E-state index contributed by atoms with van der Waals surface area (Å²) < 4.78 is 12.0. The number of carbonyl (C=O) groups excluding carboxylic acids is 2. The second kappa shape index (κ2) is 8.35. The van der Waals surface area contributed by atoms with Crippen molar-refractivity contribution < 1.29 is 24.2 Å². The van der Waals surface area contributed by atoms with E-state index in [-0.39, 0.29) is 42.0 Å². The molecule has 1 aromatic carbocycles. The summed E-state index contributed by atoms with van der Waals surface area (Å²) in [7, 11) is 0. The van der Waals surface area contributed by atoms with E-state index in [2.05, 4.69) is 37.4 Å². The van der Waals surface area contributed by atoms with Crippen molar-refractivity contribution in [1.82, 2.24) is 5.32 Å². The Morgan fingerprint density at radius 1 is 1.18 bits per heavy atom. The Bertz CT molecular complexity index is 1030. The van der Waals surface area contributed by atoms with Crippen molar-refractivity contribution >= 4 is 11.9 Å². The third-order valence-electron chi connectivity index (χ3n) is 8.68. The topological polar surface area (TPSA) is 88.2 Å². The lowest BCUT2D eigenvalue weighted by molar-refractivity contribution is -0.177. The van der Waals surface area contributed by atoms with Crippen LogP contribution in [0, 0.1) is 23.7 Å². The number of hydrogen-bond donors (Lipinski definition) is 2. The van der Waals surface area contributed by atoms with E-state index < -0.39 is 29.4 Å². The molecule has 2 fully saturated rings. The summed E-state index contributed by atoms with van der Waals surface area (Å²) in [4.78, 5) is 27.0. The molecule has 6 heteroatoms. The molecule has 3 heterocycles. The molecule has 4 aliphatic rings. The van der Waals surface area contributed by atoms with Gasteiger partial charge in [0, 0.05) is 17.9 Å². The summed E-state index contributed by atoms with van der Waals surface area (Å²) in [5.41, 5.74) is 0.282. The summed E-state index contributed by atoms with van der Waals surface area (Å²) in [6, 6.07) is 9.97. The van der Waals surface area contributed by atoms with Crippen molar-refractivity contribution in [2.75, 3.05) is 0 Å². The molecule has 1 aromatic rings. The van der Waals surface area contributed by atoms with Crippen LogP contribution in [0.25, 0.3) is 0 Å². The van der Waals surface area contributed by atoms with Gasteiger partial charge in [-0.2, -0.15) is 0 Å². The van der Waals surface area contributed by atoms with Gasteiger partial charge < -0.3 is 19.9 Å². The second-order valence-electron chi connectivity index (χ2n) is 10.9. The fraction of sp³-hybridized carbons (Fsp3) is 0.571. The molecule has 9 atom stereocenters. The van der Waals surface area contributed by atoms with Crippen molar-refractivity contribution in [3.8, 4) is 0 Å². The molecule has 0 unspecified atom stereocenters. The number of esters is 1. The molecule has 0 aromatic heterocycles. The van der Waals surface area contributed by atoms with Gasteiger partial charge in [-0.3, -0.25) is 9.59 Å². The van der Waals surface area contributed by atoms with Crippen LogP contribution in [0.4, 0.5) is 0 Å². The summed E-state index contributed by atoms with van der Waals surface area (Å²) in [6.07, 6.45) is 6.37. The highest BCUT2D eigenvalue weighted by Crippen LogP contribution is 2.51. The SMILES string of the molecule is CC1=C[C@@H]2/C=C/C[C@H](C)[C@H](O)[C@]3(C)O[C@@H]3CC(=O)O[C@]23C(=O)N[C@@H](Cc2ccccc2)[C@@H]3[C@@H]1C. The zero-order valence-electron chi connectivity index (χ0n) is 20.4. The van der Waals surface area contributed by atoms with Crippen LogP contribution in [0.2, 0.25) is 0 Å². The van der Waals surface area contributed by atoms with Gasteiger partial charge in [0.15, 0.2) is 0 Å². The number of allylic oxidation sites excluding steroid dienone is 2. The number of aliphatic hydroxyl groups is 1. The van der Waals surface area contributed by atoms with Crippen LogP contribution < -0.4 is 5.32 Å². The molecule has 6 nitrogen and oxygen atoms in total. The highest BCUT2D eigenvalue weighted by Gasteiger charge is 2.65. The van der Waals surface area contributed by atoms with Crippen molar-refractivity contribution in [2.24, 2.45) is 23.7 Å². The van der Waals surface area contributed by atoms with E-state index >= 15 is 0 Å². The first-order valence-electron chi connectivity index (χ1n) is 12.4. The van der Waals surface area contributed by atoms with Gasteiger partial charge in [-0.25, -0.2) is 0 Å². The van der Waals surface area contributed by atoms with Crippen LogP contribution in [-0.2, 0) is 25.5 Å². The van der Waals surface area contributed by atoms with Gasteiger partial charge in [-0.1, -0.05) is 68.0 Å². The average Bonchev–Trinajstić information content (AvgIpc) is 3.36. The number of benzene rings is 1. The molecule has 2 N–H and O–H groups in total. The first-order valence-corrected chi connectivity index (χ1v) is 12.4. The first kappa shape index (κ1) is 23.3. The van der Waals surface area contributed by atoms with Gasteiger partial charge in [0.2, 0.25) is 5.60 Å². The van der Waals surface area contributed by atoms with E-state index in [0.29, 0.717) is 12.8 Å². The van der Waals surface area contributed by atoms with E-state index in [1.165, 1.54) is 5.57 Å². The third-order valence-corrected chi connectivity index (χ3v) is 8.68. The number of carbonyl (C=O) groups is 2. The molecular weight excluding hydrogens is 430 g/mol. The minimum atomic E-state index is -1.29. The van der Waals surface area contributed by atoms with Gasteiger partial charge >= 0.3 is 5.97 Å². The number of aliphatic hydroxyl groups excluding tert-OH is 1. The number of epoxide rings is 1. The molecule has 0 saturated carbocycles. The molecule has 1 amide bonds. The fourth-order valence-electron chi connectivity index (χ4n) is 6.48. The van der Waals surface area contributed by atoms with E-state index in [0.717, 1.165) is 5.56 Å². The smallest absolute Gasteiger partial charge is 0.309 e. The van der Waals surface area contributed by atoms with Gasteiger partial charge in [-0.05, 0) is 44.1 Å². The molecule has 1 aliphatic carbocycles. The average molecular weight is 466 g/mol. The van der Waals surface area contributed by atoms with Gasteiger partial charge in [-0.15, -0.1) is 0 Å². The Kier molecular flexibility index (Phi) is 5.72. The van der Waals surface area contributed by atoms with Crippen LogP contribution >= 0.6 is 0 Å². The van der Waals surface area contributed by atoms with Gasteiger partial charge in [0.1, 0.15) is 11.7 Å². The van der Waals surface area contributed by atoms with Crippen LogP contribution in [-0.4, -0.2) is 46.4 Å². The number of ether oxygens (including phenoxy) is 2. The quantitative estimate of drug-likeness (QED) is 0.397. The maximum atomic E-state index is 13.7. The molecule has 1 spiro atoms. The Morgan fingerprint density at radius 3 is 2.65 bits per heavy atom. The number of amides is 1. The Labute approximate surface area is 201 Å². The number of nitrogens with one attached hydrogen (secondary N) is 1. The van der Waals surface area contributed by atoms with E-state index in [9.17, 15) is 14.7 Å². The first-order chi connectivity index (χ1) is 16.2. The Hall–Kier alpha value is -2.44. The Morgan fingerprint density at radius 2 is 1.91 bits per heavy atom. The zero-order chi connectivity index (χ0) is 24.3. The largest absolute Gasteiger partial charge is 0.447 e. The number of hydrogen-bond acceptors (Lipinski definition) is 5. The standard InChI is InChI=1S/C28H35NO5/c1-16-9-8-12-20-13-17(2)18(3)24-21(14-19-10-6-5-7-11-19)29-26(32)28(20,24)34-23(30)15-22-27(4,33-22)25(16)31/h5-8,10-13,16,18,20-22,24-25,31H,9,14-15H2,1-4H3,(H,29,32)/b12-8+/t16-,18+,20-,21-,22+,24-,25-,27+,28+/m0/s1. The highest BCUT2D eigenvalue weighted by atomic mass is 16.6. The predicted octanol–water partition coefficient (Wildman–Crippen LogP) is 3.34. The van der Waals surface area contributed by atoms with Crippen LogP contribution in [0.5, 0.6) is 0 Å². The summed E-state index contributed by atoms with van der Waals surface area (Å²) in [5, 5.41) is 14.0. The van der Waals surface area contributed by atoms with Gasteiger partial charge in [0.25, 0.3) is 5.91 Å². The molecule has 0 bridgehead atoms. The van der Waals surface area contributed by atoms with Crippen molar-refractivity contribution in [3.05, 3.63) is 59.7 Å². The summed E-state index contributed by atoms with van der Waals surface area (Å²) >= 11 is 0. The van der Waals surface area contributed by atoms with Crippen LogP contribution in [0.15, 0.2) is 54.1 Å². The minimum absolute atomic E-state index is 0.0267. The van der Waals surface area contributed by atoms with Crippen LogP contribution in [0.1, 0.15) is 46.1 Å². The maximum absolute atomic E-state index is 13.7. The maximum Gasteiger partial charge on any atom is 0.309 e. The lowest BCUT2D eigenvalue weighted by Crippen LogP contribution is -2.56. The predicted molar refractivity (Wildman–Crippen MR) is 128 cm³/mol. The molecule has 0 radical (unpaired) electrons. The van der Waals surface area contributed by atoms with E-state index in [4.69, 9.17) is 9.47 Å². The molecule has 2 saturated heterocycles.